The Balaban J connectivity index is 2.15. The van der Waals surface area contributed by atoms with Gasteiger partial charge in [-0.15, -0.1) is 0 Å². The fourth-order valence-electron chi connectivity index (χ4n) is 1.94. The van der Waals surface area contributed by atoms with Crippen molar-refractivity contribution in [1.82, 2.24) is 0 Å². The third-order valence-electron chi connectivity index (χ3n) is 2.86. The molecule has 2 aromatic rings. The summed E-state index contributed by atoms with van der Waals surface area (Å²) in [5, 5.41) is 3.95. The fraction of sp³-hybridized carbons (Fsp3) is 0. The van der Waals surface area contributed by atoms with E-state index in [1.54, 1.807) is 36.4 Å². The predicted octanol–water partition coefficient (Wildman–Crippen LogP) is 4.72. The molecular weight excluding hydrogens is 319 g/mol. The number of rotatable bonds is 1. The molecule has 0 saturated heterocycles. The highest BCUT2D eigenvalue weighted by Crippen LogP contribution is 2.34. The smallest absolute Gasteiger partial charge is 0.275 e. The third kappa shape index (κ3) is 2.29. The molecule has 0 fully saturated rings. The van der Waals surface area contributed by atoms with Crippen molar-refractivity contribution in [2.24, 2.45) is 4.99 Å². The summed E-state index contributed by atoms with van der Waals surface area (Å²) in [4.78, 5) is 16.3. The number of hydrogen-bond acceptors (Lipinski definition) is 2. The van der Waals surface area contributed by atoms with E-state index in [1.165, 1.54) is 0 Å². The van der Waals surface area contributed by atoms with Crippen LogP contribution in [-0.4, -0.2) is 11.6 Å². The van der Waals surface area contributed by atoms with Gasteiger partial charge in [-0.3, -0.25) is 4.79 Å². The van der Waals surface area contributed by atoms with Crippen molar-refractivity contribution >= 4 is 57.8 Å². The first-order chi connectivity index (χ1) is 9.56. The zero-order chi connectivity index (χ0) is 14.3. The molecule has 0 bridgehead atoms. The number of aliphatic imine (C=N–C) groups is 1. The molecule has 2 aromatic carbocycles. The van der Waals surface area contributed by atoms with Gasteiger partial charge in [-0.1, -0.05) is 40.9 Å². The molecule has 3 nitrogen and oxygen atoms in total. The van der Waals surface area contributed by atoms with E-state index in [-0.39, 0.29) is 11.6 Å². The van der Waals surface area contributed by atoms with Crippen molar-refractivity contribution in [1.29, 1.82) is 0 Å². The Kier molecular flexibility index (Phi) is 3.42. The molecule has 1 N–H and O–H groups in total. The fourth-order valence-corrected chi connectivity index (χ4v) is 2.45. The van der Waals surface area contributed by atoms with Crippen molar-refractivity contribution in [2.45, 2.75) is 0 Å². The molecule has 100 valence electrons. The second-order valence-electron chi connectivity index (χ2n) is 4.18. The maximum absolute atomic E-state index is 12.0. The maximum atomic E-state index is 12.0. The zero-order valence-electron chi connectivity index (χ0n) is 9.95. The largest absolute Gasteiger partial charge is 0.320 e. The van der Waals surface area contributed by atoms with Crippen LogP contribution in [0, 0.1) is 0 Å². The van der Waals surface area contributed by atoms with Crippen LogP contribution in [0.3, 0.4) is 0 Å². The first-order valence-corrected chi connectivity index (χ1v) is 6.83. The third-order valence-corrected chi connectivity index (χ3v) is 3.91. The summed E-state index contributed by atoms with van der Waals surface area (Å²) < 4.78 is 0. The standard InChI is InChI=1S/C14H7Cl3N2O/c15-7-4-5-10-8(6-7)13(14(20)19-10)18-11-3-1-2-9(16)12(11)17/h1-6H,(H,18,19,20). The average Bonchev–Trinajstić information content (AvgIpc) is 2.71. The van der Waals surface area contributed by atoms with E-state index in [9.17, 15) is 4.79 Å². The summed E-state index contributed by atoms with van der Waals surface area (Å²) in [6.07, 6.45) is 0. The van der Waals surface area contributed by atoms with Gasteiger partial charge in [0.25, 0.3) is 5.91 Å². The quantitative estimate of drug-likeness (QED) is 0.810. The van der Waals surface area contributed by atoms with Gasteiger partial charge in [0, 0.05) is 10.6 Å². The van der Waals surface area contributed by atoms with Crippen LogP contribution in [0.2, 0.25) is 15.1 Å². The van der Waals surface area contributed by atoms with Crippen LogP contribution in [0.15, 0.2) is 41.4 Å². The summed E-state index contributed by atoms with van der Waals surface area (Å²) in [6, 6.07) is 10.2. The molecule has 1 amide bonds. The summed E-state index contributed by atoms with van der Waals surface area (Å²) >= 11 is 18.0. The highest BCUT2D eigenvalue weighted by atomic mass is 35.5. The summed E-state index contributed by atoms with van der Waals surface area (Å²) in [7, 11) is 0. The van der Waals surface area contributed by atoms with Gasteiger partial charge >= 0.3 is 0 Å². The second kappa shape index (κ2) is 5.09. The minimum atomic E-state index is -0.293. The Morgan fingerprint density at radius 1 is 1.05 bits per heavy atom. The zero-order valence-corrected chi connectivity index (χ0v) is 12.2. The van der Waals surface area contributed by atoms with Gasteiger partial charge in [0.05, 0.1) is 21.4 Å². The monoisotopic (exact) mass is 324 g/mol. The predicted molar refractivity (Wildman–Crippen MR) is 82.7 cm³/mol. The first kappa shape index (κ1) is 13.4. The SMILES string of the molecule is O=C1Nc2ccc(Cl)cc2C1=Nc1cccc(Cl)c1Cl. The lowest BCUT2D eigenvalue weighted by Gasteiger charge is -2.02. The summed E-state index contributed by atoms with van der Waals surface area (Å²) in [5.41, 5.74) is 2.04. The Bertz CT molecular complexity index is 756. The number of nitrogens with one attached hydrogen (secondary N) is 1. The molecule has 1 aliphatic heterocycles. The summed E-state index contributed by atoms with van der Waals surface area (Å²) in [5.74, 6) is -0.293. The Hall–Kier alpha value is -1.55. The van der Waals surface area contributed by atoms with Crippen molar-refractivity contribution < 1.29 is 4.79 Å². The minimum absolute atomic E-state index is 0.270. The Morgan fingerprint density at radius 2 is 1.85 bits per heavy atom. The Morgan fingerprint density at radius 3 is 2.65 bits per heavy atom. The highest BCUT2D eigenvalue weighted by Gasteiger charge is 2.26. The number of carbonyl (C=O) groups is 1. The molecule has 20 heavy (non-hydrogen) atoms. The molecule has 0 spiro atoms. The number of carbonyl (C=O) groups excluding carboxylic acids is 1. The van der Waals surface area contributed by atoms with Crippen molar-refractivity contribution in [2.75, 3.05) is 5.32 Å². The number of fused-ring (bicyclic) bond motifs is 1. The van der Waals surface area contributed by atoms with Crippen molar-refractivity contribution in [3.8, 4) is 0 Å². The highest BCUT2D eigenvalue weighted by molar-refractivity contribution is 6.54. The number of hydrogen-bond donors (Lipinski definition) is 1. The van der Waals surface area contributed by atoms with Gasteiger partial charge in [0.1, 0.15) is 5.71 Å². The lowest BCUT2D eigenvalue weighted by atomic mass is 10.1. The molecular formula is C14H7Cl3N2O. The van der Waals surface area contributed by atoms with Crippen LogP contribution in [0.4, 0.5) is 11.4 Å². The molecule has 0 saturated carbocycles. The van der Waals surface area contributed by atoms with Crippen LogP contribution in [0.5, 0.6) is 0 Å². The van der Waals surface area contributed by atoms with Crippen LogP contribution in [0.25, 0.3) is 0 Å². The maximum Gasteiger partial charge on any atom is 0.275 e. The lowest BCUT2D eigenvalue weighted by Crippen LogP contribution is -2.13. The minimum Gasteiger partial charge on any atom is -0.320 e. The van der Waals surface area contributed by atoms with Gasteiger partial charge in [0.2, 0.25) is 0 Å². The lowest BCUT2D eigenvalue weighted by molar-refractivity contribution is -0.110. The molecule has 0 radical (unpaired) electrons. The normalized spacial score (nSPS) is 15.3. The molecule has 0 aliphatic carbocycles. The average molecular weight is 326 g/mol. The first-order valence-electron chi connectivity index (χ1n) is 5.70. The van der Waals surface area contributed by atoms with Crippen LogP contribution in [-0.2, 0) is 4.79 Å². The van der Waals surface area contributed by atoms with E-state index in [4.69, 9.17) is 34.8 Å². The molecule has 1 heterocycles. The van der Waals surface area contributed by atoms with Crippen molar-refractivity contribution in [3.63, 3.8) is 0 Å². The second-order valence-corrected chi connectivity index (χ2v) is 5.40. The number of halogens is 3. The molecule has 6 heteroatoms. The van der Waals surface area contributed by atoms with Crippen LogP contribution in [0.1, 0.15) is 5.56 Å². The van der Waals surface area contributed by atoms with Crippen LogP contribution >= 0.6 is 34.8 Å². The molecule has 3 rings (SSSR count). The number of nitrogens with zero attached hydrogens (tertiary/aromatic N) is 1. The van der Waals surface area contributed by atoms with E-state index in [2.05, 4.69) is 10.3 Å². The topological polar surface area (TPSA) is 41.5 Å². The van der Waals surface area contributed by atoms with E-state index in [0.717, 1.165) is 0 Å². The van der Waals surface area contributed by atoms with Gasteiger partial charge < -0.3 is 5.32 Å². The number of amides is 1. The number of benzene rings is 2. The van der Waals surface area contributed by atoms with Gasteiger partial charge in [0.15, 0.2) is 0 Å². The van der Waals surface area contributed by atoms with E-state index in [1.807, 2.05) is 0 Å². The van der Waals surface area contributed by atoms with Crippen molar-refractivity contribution in [3.05, 3.63) is 57.0 Å². The molecule has 0 unspecified atom stereocenters. The Labute approximate surface area is 130 Å². The summed E-state index contributed by atoms with van der Waals surface area (Å²) in [6.45, 7) is 0. The van der Waals surface area contributed by atoms with E-state index < -0.39 is 0 Å². The molecule has 0 aromatic heterocycles. The molecule has 0 atom stereocenters. The van der Waals surface area contributed by atoms with Crippen LogP contribution < -0.4 is 5.32 Å². The van der Waals surface area contributed by atoms with Gasteiger partial charge in [-0.2, -0.15) is 0 Å². The van der Waals surface area contributed by atoms with E-state index in [0.29, 0.717) is 32.0 Å². The van der Waals surface area contributed by atoms with Gasteiger partial charge in [-0.25, -0.2) is 4.99 Å². The van der Waals surface area contributed by atoms with E-state index >= 15 is 0 Å². The molecule has 1 aliphatic rings. The number of anilines is 1. The van der Waals surface area contributed by atoms with Gasteiger partial charge in [-0.05, 0) is 30.3 Å².